The van der Waals surface area contributed by atoms with E-state index in [0.29, 0.717) is 6.42 Å². The smallest absolute Gasteiger partial charge is 0.336 e. The minimum Gasteiger partial charge on any atom is -0.462 e. The van der Waals surface area contributed by atoms with Gasteiger partial charge in [0.25, 0.3) is 0 Å². The van der Waals surface area contributed by atoms with E-state index in [9.17, 15) is 13.6 Å². The molecule has 0 heterocycles. The number of benzene rings is 1. The second-order valence-electron chi connectivity index (χ2n) is 3.90. The van der Waals surface area contributed by atoms with Gasteiger partial charge in [-0.2, -0.15) is 0 Å². The first-order valence-corrected chi connectivity index (χ1v) is 5.82. The highest BCUT2D eigenvalue weighted by Gasteiger charge is 2.23. The number of unbranched alkanes of at least 4 members (excludes halogenated alkanes) is 1. The van der Waals surface area contributed by atoms with Gasteiger partial charge < -0.3 is 4.74 Å². The van der Waals surface area contributed by atoms with Crippen molar-refractivity contribution in [1.29, 1.82) is 0 Å². The number of halogens is 2. The third-order valence-electron chi connectivity index (χ3n) is 2.48. The van der Waals surface area contributed by atoms with E-state index in [-0.39, 0.29) is 17.7 Å². The Labute approximate surface area is 105 Å². The van der Waals surface area contributed by atoms with Crippen LogP contribution in [0, 0.1) is 5.82 Å². The van der Waals surface area contributed by atoms with Crippen molar-refractivity contribution >= 4 is 5.97 Å². The summed E-state index contributed by atoms with van der Waals surface area (Å²) in [5.41, 5.74) is -0.578. The van der Waals surface area contributed by atoms with Gasteiger partial charge >= 0.3 is 5.97 Å². The number of hydrogen-bond acceptors (Lipinski definition) is 2. The van der Waals surface area contributed by atoms with Crippen molar-refractivity contribution in [1.82, 2.24) is 0 Å². The van der Waals surface area contributed by atoms with Crippen LogP contribution in [-0.4, -0.2) is 12.6 Å². The van der Waals surface area contributed by atoms with E-state index in [0.717, 1.165) is 12.5 Å². The number of alkyl halides is 1. The van der Waals surface area contributed by atoms with Crippen LogP contribution in [0.1, 0.15) is 31.5 Å². The molecule has 0 aliphatic rings. The number of esters is 1. The number of carbonyl (C=O) groups excluding carboxylic acids is 1. The Bertz CT molecular complexity index is 430. The molecule has 18 heavy (non-hydrogen) atoms. The normalized spacial score (nSPS) is 11.9. The van der Waals surface area contributed by atoms with Crippen LogP contribution in [0.25, 0.3) is 0 Å². The van der Waals surface area contributed by atoms with Crippen LogP contribution in [0.4, 0.5) is 8.78 Å². The molecule has 0 radical (unpaired) electrons. The molecule has 0 aliphatic carbocycles. The Kier molecular flexibility index (Phi) is 5.49. The summed E-state index contributed by atoms with van der Waals surface area (Å²) in [5.74, 6) is -1.52. The minimum atomic E-state index is -1.87. The van der Waals surface area contributed by atoms with Gasteiger partial charge in [0, 0.05) is 5.56 Å². The van der Waals surface area contributed by atoms with Crippen LogP contribution >= 0.6 is 0 Å². The fraction of sp³-hybridized carbons (Fsp3) is 0.357. The van der Waals surface area contributed by atoms with Crippen LogP contribution < -0.4 is 0 Å². The van der Waals surface area contributed by atoms with Gasteiger partial charge in [-0.3, -0.25) is 0 Å². The monoisotopic (exact) mass is 254 g/mol. The van der Waals surface area contributed by atoms with Crippen LogP contribution in [0.2, 0.25) is 0 Å². The van der Waals surface area contributed by atoms with Crippen molar-refractivity contribution in [3.05, 3.63) is 47.8 Å². The lowest BCUT2D eigenvalue weighted by Crippen LogP contribution is -2.13. The summed E-state index contributed by atoms with van der Waals surface area (Å²) in [6.45, 7) is 5.50. The van der Waals surface area contributed by atoms with Crippen molar-refractivity contribution in [3.63, 3.8) is 0 Å². The quantitative estimate of drug-likeness (QED) is 0.439. The van der Waals surface area contributed by atoms with Gasteiger partial charge in [-0.15, -0.1) is 0 Å². The van der Waals surface area contributed by atoms with Crippen LogP contribution in [0.5, 0.6) is 0 Å². The number of rotatable bonds is 6. The highest BCUT2D eigenvalue weighted by atomic mass is 19.1. The maximum Gasteiger partial charge on any atom is 0.336 e. The van der Waals surface area contributed by atoms with E-state index >= 15 is 0 Å². The van der Waals surface area contributed by atoms with Crippen molar-refractivity contribution in [2.75, 3.05) is 6.61 Å². The van der Waals surface area contributed by atoms with Gasteiger partial charge in [-0.05, 0) is 12.5 Å². The Hall–Kier alpha value is -1.71. The third-order valence-corrected chi connectivity index (χ3v) is 2.48. The van der Waals surface area contributed by atoms with Gasteiger partial charge in [-0.25, -0.2) is 13.6 Å². The van der Waals surface area contributed by atoms with E-state index in [1.54, 1.807) is 0 Å². The van der Waals surface area contributed by atoms with Gasteiger partial charge in [-0.1, -0.05) is 38.1 Å². The van der Waals surface area contributed by atoms with Crippen molar-refractivity contribution < 1.29 is 18.3 Å². The Morgan fingerprint density at radius 2 is 2.11 bits per heavy atom. The molecule has 0 amide bonds. The fourth-order valence-corrected chi connectivity index (χ4v) is 1.37. The molecule has 0 aromatic heterocycles. The van der Waals surface area contributed by atoms with Crippen molar-refractivity contribution in [2.24, 2.45) is 0 Å². The number of carbonyl (C=O) groups is 1. The molecule has 4 heteroatoms. The van der Waals surface area contributed by atoms with Gasteiger partial charge in [0.15, 0.2) is 6.17 Å². The molecule has 0 bridgehead atoms. The molecule has 1 aromatic rings. The molecule has 0 fully saturated rings. The zero-order chi connectivity index (χ0) is 13.5. The molecule has 0 saturated heterocycles. The van der Waals surface area contributed by atoms with Gasteiger partial charge in [0.2, 0.25) is 0 Å². The lowest BCUT2D eigenvalue weighted by Gasteiger charge is -2.12. The highest BCUT2D eigenvalue weighted by Crippen LogP contribution is 2.27. The summed E-state index contributed by atoms with van der Waals surface area (Å²) >= 11 is 0. The van der Waals surface area contributed by atoms with Crippen molar-refractivity contribution in [3.8, 4) is 0 Å². The maximum absolute atomic E-state index is 13.9. The zero-order valence-corrected chi connectivity index (χ0v) is 10.3. The molecule has 1 unspecified atom stereocenters. The molecule has 0 N–H and O–H groups in total. The largest absolute Gasteiger partial charge is 0.462 e. The summed E-state index contributed by atoms with van der Waals surface area (Å²) in [6, 6.07) is 5.37. The molecule has 1 atom stereocenters. The lowest BCUT2D eigenvalue weighted by molar-refractivity contribution is -0.139. The standard InChI is InChI=1S/C14H16F2O2/c1-3-4-9-18-14(17)10(2)13(16)11-7-5-6-8-12(11)15/h5-8,13H,2-4,9H2,1H3. The van der Waals surface area contributed by atoms with E-state index in [4.69, 9.17) is 4.74 Å². The molecule has 0 saturated carbocycles. The van der Waals surface area contributed by atoms with E-state index in [1.807, 2.05) is 6.92 Å². The molecular formula is C14H16F2O2. The fourth-order valence-electron chi connectivity index (χ4n) is 1.37. The van der Waals surface area contributed by atoms with E-state index in [2.05, 4.69) is 6.58 Å². The van der Waals surface area contributed by atoms with Crippen molar-refractivity contribution in [2.45, 2.75) is 25.9 Å². The minimum absolute atomic E-state index is 0.199. The average Bonchev–Trinajstić information content (AvgIpc) is 2.38. The Morgan fingerprint density at radius 3 is 2.72 bits per heavy atom. The second kappa shape index (κ2) is 6.89. The summed E-state index contributed by atoms with van der Waals surface area (Å²) in [6.07, 6.45) is -0.303. The summed E-state index contributed by atoms with van der Waals surface area (Å²) in [5, 5.41) is 0. The SMILES string of the molecule is C=C(C(=O)OCCCC)C(F)c1ccccc1F. The van der Waals surface area contributed by atoms with E-state index < -0.39 is 18.0 Å². The predicted octanol–water partition coefficient (Wildman–Crippen LogP) is 3.74. The first-order chi connectivity index (χ1) is 8.57. The summed E-state index contributed by atoms with van der Waals surface area (Å²) < 4.78 is 32.1. The molecule has 2 nitrogen and oxygen atoms in total. The first kappa shape index (κ1) is 14.4. The van der Waals surface area contributed by atoms with Crippen LogP contribution in [0.15, 0.2) is 36.4 Å². The topological polar surface area (TPSA) is 26.3 Å². The Morgan fingerprint density at radius 1 is 1.44 bits per heavy atom. The molecule has 0 aliphatic heterocycles. The van der Waals surface area contributed by atoms with Gasteiger partial charge in [0.05, 0.1) is 12.2 Å². The maximum atomic E-state index is 13.9. The highest BCUT2D eigenvalue weighted by molar-refractivity contribution is 5.89. The Balaban J connectivity index is 2.67. The molecular weight excluding hydrogens is 238 g/mol. The number of ether oxygens (including phenoxy) is 1. The predicted molar refractivity (Wildman–Crippen MR) is 65.3 cm³/mol. The molecule has 0 spiro atoms. The van der Waals surface area contributed by atoms with Crippen LogP contribution in [0.3, 0.4) is 0 Å². The number of hydrogen-bond donors (Lipinski definition) is 0. The zero-order valence-electron chi connectivity index (χ0n) is 10.3. The summed E-state index contributed by atoms with van der Waals surface area (Å²) in [7, 11) is 0. The molecule has 98 valence electrons. The molecule has 1 rings (SSSR count). The van der Waals surface area contributed by atoms with Gasteiger partial charge in [0.1, 0.15) is 5.82 Å². The van der Waals surface area contributed by atoms with Crippen LogP contribution in [-0.2, 0) is 9.53 Å². The second-order valence-corrected chi connectivity index (χ2v) is 3.90. The first-order valence-electron chi connectivity index (χ1n) is 5.82. The summed E-state index contributed by atoms with van der Waals surface area (Å²) in [4.78, 5) is 11.5. The average molecular weight is 254 g/mol. The van der Waals surface area contributed by atoms with E-state index in [1.165, 1.54) is 18.2 Å². The lowest BCUT2D eigenvalue weighted by atomic mass is 10.0. The molecule has 1 aromatic carbocycles. The third kappa shape index (κ3) is 3.65.